The van der Waals surface area contributed by atoms with Gasteiger partial charge in [-0.3, -0.25) is 0 Å². The summed E-state index contributed by atoms with van der Waals surface area (Å²) < 4.78 is 6.38. The fraction of sp³-hybridized carbons (Fsp3) is 0.692. The van der Waals surface area contributed by atoms with E-state index in [9.17, 15) is 0 Å². The molecule has 3 rings (SSSR count). The third-order valence-corrected chi connectivity index (χ3v) is 4.46. The minimum atomic E-state index is 0.793. The van der Waals surface area contributed by atoms with E-state index in [1.54, 1.807) is 0 Å². The zero-order valence-electron chi connectivity index (χ0n) is 10.4. The SMILES string of the molecule is Brc1cnc(N2CC[C@@H](C3CCOCC3)C2)nc1. The molecule has 0 unspecified atom stereocenters. The van der Waals surface area contributed by atoms with Crippen molar-refractivity contribution in [1.82, 2.24) is 9.97 Å². The standard InChI is InChI=1S/C13H18BrN3O/c14-12-7-15-13(16-8-12)17-4-1-11(9-17)10-2-5-18-6-3-10/h7-8,10-11H,1-6,9H2/t11-/m1/s1. The molecule has 2 aliphatic rings. The molecule has 0 spiro atoms. The Morgan fingerprint density at radius 2 is 1.83 bits per heavy atom. The number of aromatic nitrogens is 2. The lowest BCUT2D eigenvalue weighted by Gasteiger charge is -2.27. The Bertz CT molecular complexity index is 392. The molecule has 0 saturated carbocycles. The van der Waals surface area contributed by atoms with Crippen LogP contribution in [-0.2, 0) is 4.74 Å². The first-order chi connectivity index (χ1) is 8.83. The lowest BCUT2D eigenvalue weighted by atomic mass is 9.85. The Morgan fingerprint density at radius 3 is 2.56 bits per heavy atom. The van der Waals surface area contributed by atoms with Crippen LogP contribution in [0, 0.1) is 11.8 Å². The first kappa shape index (κ1) is 12.4. The predicted molar refractivity (Wildman–Crippen MR) is 73.6 cm³/mol. The predicted octanol–water partition coefficient (Wildman–Crippen LogP) is 2.49. The third-order valence-electron chi connectivity index (χ3n) is 4.05. The van der Waals surface area contributed by atoms with E-state index in [0.717, 1.165) is 48.6 Å². The molecule has 0 bridgehead atoms. The third kappa shape index (κ3) is 2.67. The molecule has 1 aromatic heterocycles. The van der Waals surface area contributed by atoms with Crippen molar-refractivity contribution in [2.75, 3.05) is 31.2 Å². The summed E-state index contributed by atoms with van der Waals surface area (Å²) in [5, 5.41) is 0. The first-order valence-corrected chi connectivity index (χ1v) is 7.42. The van der Waals surface area contributed by atoms with Gasteiger partial charge in [0.2, 0.25) is 5.95 Å². The van der Waals surface area contributed by atoms with Gasteiger partial charge in [0.05, 0.1) is 4.47 Å². The van der Waals surface area contributed by atoms with Gasteiger partial charge in [0.1, 0.15) is 0 Å². The molecule has 98 valence electrons. The second kappa shape index (κ2) is 5.53. The molecular formula is C13H18BrN3O. The maximum atomic E-state index is 5.44. The van der Waals surface area contributed by atoms with Gasteiger partial charge in [-0.1, -0.05) is 0 Å². The molecule has 1 aromatic rings. The number of nitrogens with zero attached hydrogens (tertiary/aromatic N) is 3. The molecule has 0 N–H and O–H groups in total. The number of ether oxygens (including phenoxy) is 1. The second-order valence-electron chi connectivity index (χ2n) is 5.15. The molecule has 4 nitrogen and oxygen atoms in total. The van der Waals surface area contributed by atoms with E-state index in [-0.39, 0.29) is 0 Å². The van der Waals surface area contributed by atoms with E-state index in [2.05, 4.69) is 30.8 Å². The topological polar surface area (TPSA) is 38.2 Å². The highest BCUT2D eigenvalue weighted by Crippen LogP contribution is 2.32. The average Bonchev–Trinajstić information content (AvgIpc) is 2.90. The smallest absolute Gasteiger partial charge is 0.225 e. The highest BCUT2D eigenvalue weighted by atomic mass is 79.9. The van der Waals surface area contributed by atoms with Crippen molar-refractivity contribution in [2.45, 2.75) is 19.3 Å². The summed E-state index contributed by atoms with van der Waals surface area (Å²) in [4.78, 5) is 11.1. The van der Waals surface area contributed by atoms with Crippen LogP contribution in [0.2, 0.25) is 0 Å². The Hall–Kier alpha value is -0.680. The minimum absolute atomic E-state index is 0.793. The summed E-state index contributed by atoms with van der Waals surface area (Å²) in [5.41, 5.74) is 0. The van der Waals surface area contributed by atoms with Crippen LogP contribution in [0.25, 0.3) is 0 Å². The van der Waals surface area contributed by atoms with Crippen LogP contribution >= 0.6 is 15.9 Å². The van der Waals surface area contributed by atoms with E-state index in [0.29, 0.717) is 0 Å². The molecule has 0 aliphatic carbocycles. The van der Waals surface area contributed by atoms with E-state index in [4.69, 9.17) is 4.74 Å². The van der Waals surface area contributed by atoms with Crippen molar-refractivity contribution in [3.63, 3.8) is 0 Å². The maximum Gasteiger partial charge on any atom is 0.225 e. The molecule has 2 aliphatic heterocycles. The molecule has 5 heteroatoms. The number of anilines is 1. The quantitative estimate of drug-likeness (QED) is 0.841. The normalized spacial score (nSPS) is 25.6. The van der Waals surface area contributed by atoms with Crippen LogP contribution in [0.15, 0.2) is 16.9 Å². The molecule has 0 aromatic carbocycles. The van der Waals surface area contributed by atoms with Crippen molar-refractivity contribution in [3.8, 4) is 0 Å². The van der Waals surface area contributed by atoms with Crippen molar-refractivity contribution >= 4 is 21.9 Å². The fourth-order valence-corrected chi connectivity index (χ4v) is 3.21. The monoisotopic (exact) mass is 311 g/mol. The Labute approximate surface area is 116 Å². The summed E-state index contributed by atoms with van der Waals surface area (Å²) in [6, 6.07) is 0. The van der Waals surface area contributed by atoms with Gasteiger partial charge in [0, 0.05) is 38.7 Å². The number of halogens is 1. The van der Waals surface area contributed by atoms with Gasteiger partial charge in [-0.2, -0.15) is 0 Å². The van der Waals surface area contributed by atoms with Gasteiger partial charge in [-0.25, -0.2) is 9.97 Å². The minimum Gasteiger partial charge on any atom is -0.381 e. The van der Waals surface area contributed by atoms with E-state index < -0.39 is 0 Å². The zero-order valence-corrected chi connectivity index (χ0v) is 12.0. The van der Waals surface area contributed by atoms with Crippen molar-refractivity contribution in [2.24, 2.45) is 11.8 Å². The van der Waals surface area contributed by atoms with Crippen LogP contribution in [0.4, 0.5) is 5.95 Å². The molecule has 3 heterocycles. The average molecular weight is 312 g/mol. The Morgan fingerprint density at radius 1 is 1.11 bits per heavy atom. The number of hydrogen-bond acceptors (Lipinski definition) is 4. The fourth-order valence-electron chi connectivity index (χ4n) is 3.01. The largest absolute Gasteiger partial charge is 0.381 e. The van der Waals surface area contributed by atoms with Gasteiger partial charge in [0.25, 0.3) is 0 Å². The number of hydrogen-bond donors (Lipinski definition) is 0. The summed E-state index contributed by atoms with van der Waals surface area (Å²) in [5.74, 6) is 2.49. The van der Waals surface area contributed by atoms with Crippen LogP contribution in [0.1, 0.15) is 19.3 Å². The number of rotatable bonds is 2. The van der Waals surface area contributed by atoms with E-state index >= 15 is 0 Å². The lowest BCUT2D eigenvalue weighted by Crippen LogP contribution is -2.27. The van der Waals surface area contributed by atoms with Gasteiger partial charge >= 0.3 is 0 Å². The van der Waals surface area contributed by atoms with Crippen molar-refractivity contribution < 1.29 is 4.74 Å². The summed E-state index contributed by atoms with van der Waals surface area (Å²) in [6.45, 7) is 4.07. The molecule has 2 saturated heterocycles. The van der Waals surface area contributed by atoms with Crippen LogP contribution in [0.5, 0.6) is 0 Å². The molecule has 18 heavy (non-hydrogen) atoms. The van der Waals surface area contributed by atoms with Crippen LogP contribution in [0.3, 0.4) is 0 Å². The Balaban J connectivity index is 1.62. The first-order valence-electron chi connectivity index (χ1n) is 6.63. The zero-order chi connectivity index (χ0) is 12.4. The second-order valence-corrected chi connectivity index (χ2v) is 6.06. The van der Waals surface area contributed by atoms with Gasteiger partial charge < -0.3 is 9.64 Å². The summed E-state index contributed by atoms with van der Waals surface area (Å²) in [6.07, 6.45) is 7.36. The highest BCUT2D eigenvalue weighted by molar-refractivity contribution is 9.10. The molecule has 2 fully saturated rings. The van der Waals surface area contributed by atoms with Crippen molar-refractivity contribution in [3.05, 3.63) is 16.9 Å². The van der Waals surface area contributed by atoms with E-state index in [1.165, 1.54) is 19.3 Å². The molecule has 1 atom stereocenters. The van der Waals surface area contributed by atoms with Crippen LogP contribution in [-0.4, -0.2) is 36.3 Å². The van der Waals surface area contributed by atoms with Crippen LogP contribution < -0.4 is 4.90 Å². The molecular weight excluding hydrogens is 294 g/mol. The van der Waals surface area contributed by atoms with Gasteiger partial charge in [0.15, 0.2) is 0 Å². The lowest BCUT2D eigenvalue weighted by molar-refractivity contribution is 0.0500. The van der Waals surface area contributed by atoms with Gasteiger partial charge in [-0.05, 0) is 47.0 Å². The van der Waals surface area contributed by atoms with Gasteiger partial charge in [-0.15, -0.1) is 0 Å². The summed E-state index contributed by atoms with van der Waals surface area (Å²) in [7, 11) is 0. The molecule has 0 amide bonds. The highest BCUT2D eigenvalue weighted by Gasteiger charge is 2.31. The van der Waals surface area contributed by atoms with Crippen molar-refractivity contribution in [1.29, 1.82) is 0 Å². The maximum absolute atomic E-state index is 5.44. The molecule has 0 radical (unpaired) electrons. The van der Waals surface area contributed by atoms with E-state index in [1.807, 2.05) is 12.4 Å². The summed E-state index contributed by atoms with van der Waals surface area (Å²) >= 11 is 3.37. The Kier molecular flexibility index (Phi) is 3.80.